The SMILES string of the molecule is Cc1ccc(C(=O)O)cc1.[Hg]. The van der Waals surface area contributed by atoms with Crippen LogP contribution in [0.3, 0.4) is 0 Å². The first-order valence-electron chi connectivity index (χ1n) is 3.00. The van der Waals surface area contributed by atoms with E-state index in [1.54, 1.807) is 24.3 Å². The minimum absolute atomic E-state index is 0. The molecule has 0 saturated heterocycles. The van der Waals surface area contributed by atoms with Crippen LogP contribution in [0, 0.1) is 6.92 Å². The van der Waals surface area contributed by atoms with Gasteiger partial charge in [0.2, 0.25) is 0 Å². The van der Waals surface area contributed by atoms with Crippen molar-refractivity contribution in [3.63, 3.8) is 0 Å². The van der Waals surface area contributed by atoms with E-state index >= 15 is 0 Å². The number of carboxylic acids is 1. The van der Waals surface area contributed by atoms with Crippen molar-refractivity contribution in [2.24, 2.45) is 0 Å². The first-order valence-corrected chi connectivity index (χ1v) is 3.00. The van der Waals surface area contributed by atoms with E-state index < -0.39 is 5.97 Å². The second kappa shape index (κ2) is 4.49. The van der Waals surface area contributed by atoms with E-state index in [4.69, 9.17) is 5.11 Å². The molecule has 0 saturated carbocycles. The molecule has 0 radical (unpaired) electrons. The number of aryl methyl sites for hydroxylation is 1. The Morgan fingerprint density at radius 3 is 2.09 bits per heavy atom. The van der Waals surface area contributed by atoms with Crippen LogP contribution in [0.15, 0.2) is 24.3 Å². The molecule has 0 aliphatic heterocycles. The van der Waals surface area contributed by atoms with Crippen molar-refractivity contribution >= 4 is 5.97 Å². The normalized spacial score (nSPS) is 8.45. The van der Waals surface area contributed by atoms with Gasteiger partial charge in [-0.25, -0.2) is 4.79 Å². The zero-order valence-electron chi connectivity index (χ0n) is 6.37. The van der Waals surface area contributed by atoms with Crippen molar-refractivity contribution in [3.8, 4) is 0 Å². The maximum Gasteiger partial charge on any atom is 0.335 e. The predicted octanol–water partition coefficient (Wildman–Crippen LogP) is 1.69. The third kappa shape index (κ3) is 3.01. The summed E-state index contributed by atoms with van der Waals surface area (Å²) in [6, 6.07) is 6.75. The summed E-state index contributed by atoms with van der Waals surface area (Å²) < 4.78 is 0. The van der Waals surface area contributed by atoms with Crippen LogP contribution in [0.5, 0.6) is 0 Å². The molecule has 0 spiro atoms. The van der Waals surface area contributed by atoms with E-state index in [0.717, 1.165) is 5.56 Å². The van der Waals surface area contributed by atoms with E-state index in [1.807, 2.05) is 6.92 Å². The van der Waals surface area contributed by atoms with Gasteiger partial charge in [-0.05, 0) is 19.1 Å². The minimum Gasteiger partial charge on any atom is -0.478 e. The number of hydrogen-bond acceptors (Lipinski definition) is 1. The number of hydrogen-bond donors (Lipinski definition) is 1. The molecular formula is C8H8HgO2. The molecule has 11 heavy (non-hydrogen) atoms. The number of aromatic carboxylic acids is 1. The molecule has 1 aromatic rings. The smallest absolute Gasteiger partial charge is 0.335 e. The molecule has 0 atom stereocenters. The summed E-state index contributed by atoms with van der Waals surface area (Å²) in [5.41, 5.74) is 1.41. The molecule has 0 heterocycles. The Hall–Kier alpha value is -0.375. The van der Waals surface area contributed by atoms with Crippen LogP contribution in [0.25, 0.3) is 0 Å². The van der Waals surface area contributed by atoms with Crippen LogP contribution in [0.1, 0.15) is 15.9 Å². The van der Waals surface area contributed by atoms with Gasteiger partial charge in [-0.2, -0.15) is 0 Å². The molecule has 0 aliphatic carbocycles. The summed E-state index contributed by atoms with van der Waals surface area (Å²) in [6.45, 7) is 1.92. The molecular weight excluding hydrogens is 329 g/mol. The molecule has 0 aliphatic rings. The third-order valence-corrected chi connectivity index (χ3v) is 1.30. The van der Waals surface area contributed by atoms with Crippen LogP contribution in [-0.4, -0.2) is 11.1 Å². The van der Waals surface area contributed by atoms with Gasteiger partial charge in [0.05, 0.1) is 5.56 Å². The van der Waals surface area contributed by atoms with Crippen LogP contribution in [0.2, 0.25) is 0 Å². The Bertz CT molecular complexity index is 241. The van der Waals surface area contributed by atoms with Gasteiger partial charge in [0, 0.05) is 27.7 Å². The molecule has 0 unspecified atom stereocenters. The van der Waals surface area contributed by atoms with Gasteiger partial charge in [-0.3, -0.25) is 0 Å². The van der Waals surface area contributed by atoms with E-state index in [0.29, 0.717) is 5.56 Å². The first-order chi connectivity index (χ1) is 4.70. The predicted molar refractivity (Wildman–Crippen MR) is 38.1 cm³/mol. The fourth-order valence-corrected chi connectivity index (χ4v) is 0.696. The summed E-state index contributed by atoms with van der Waals surface area (Å²) >= 11 is 0. The van der Waals surface area contributed by atoms with Gasteiger partial charge in [0.1, 0.15) is 0 Å². The van der Waals surface area contributed by atoms with Gasteiger partial charge < -0.3 is 5.11 Å². The van der Waals surface area contributed by atoms with E-state index in [9.17, 15) is 4.79 Å². The Morgan fingerprint density at radius 1 is 1.27 bits per heavy atom. The second-order valence-electron chi connectivity index (χ2n) is 2.17. The molecule has 1 rings (SSSR count). The summed E-state index contributed by atoms with van der Waals surface area (Å²) in [4.78, 5) is 10.3. The van der Waals surface area contributed by atoms with Crippen molar-refractivity contribution in [3.05, 3.63) is 35.4 Å². The van der Waals surface area contributed by atoms with E-state index in [-0.39, 0.29) is 27.7 Å². The maximum atomic E-state index is 10.3. The monoisotopic (exact) mass is 338 g/mol. The zero-order valence-corrected chi connectivity index (χ0v) is 11.9. The number of rotatable bonds is 1. The molecule has 54 valence electrons. The Balaban J connectivity index is 0.000001000. The fourth-order valence-electron chi connectivity index (χ4n) is 0.696. The van der Waals surface area contributed by atoms with Gasteiger partial charge in [0.15, 0.2) is 0 Å². The van der Waals surface area contributed by atoms with Crippen molar-refractivity contribution in [1.82, 2.24) is 0 Å². The van der Waals surface area contributed by atoms with Crippen LogP contribution in [0.4, 0.5) is 0 Å². The summed E-state index contributed by atoms with van der Waals surface area (Å²) in [5, 5.41) is 8.48. The molecule has 1 aromatic carbocycles. The maximum absolute atomic E-state index is 10.3. The van der Waals surface area contributed by atoms with Crippen molar-refractivity contribution < 1.29 is 37.6 Å². The quantitative estimate of drug-likeness (QED) is 0.793. The van der Waals surface area contributed by atoms with Gasteiger partial charge in [-0.1, -0.05) is 17.7 Å². The molecule has 1 N–H and O–H groups in total. The number of carboxylic acid groups (broad SMARTS) is 1. The standard InChI is InChI=1S/C8H8O2.Hg/c1-6-2-4-7(5-3-6)8(9)10;/h2-5H,1H3,(H,9,10);. The molecule has 0 fully saturated rings. The van der Waals surface area contributed by atoms with E-state index in [2.05, 4.69) is 0 Å². The van der Waals surface area contributed by atoms with Crippen LogP contribution < -0.4 is 0 Å². The molecule has 2 nitrogen and oxygen atoms in total. The fraction of sp³-hybridized carbons (Fsp3) is 0.125. The topological polar surface area (TPSA) is 37.3 Å². The molecule has 0 bridgehead atoms. The average molecular weight is 337 g/mol. The van der Waals surface area contributed by atoms with Crippen molar-refractivity contribution in [2.75, 3.05) is 0 Å². The minimum atomic E-state index is -0.875. The Kier molecular flexibility index (Phi) is 4.34. The summed E-state index contributed by atoms with van der Waals surface area (Å²) in [7, 11) is 0. The van der Waals surface area contributed by atoms with Gasteiger partial charge in [0.25, 0.3) is 0 Å². The molecule has 0 amide bonds. The second-order valence-corrected chi connectivity index (χ2v) is 2.17. The zero-order chi connectivity index (χ0) is 7.56. The summed E-state index contributed by atoms with van der Waals surface area (Å²) in [6.07, 6.45) is 0. The Labute approximate surface area is 85.7 Å². The number of benzene rings is 1. The van der Waals surface area contributed by atoms with Gasteiger partial charge in [-0.15, -0.1) is 0 Å². The van der Waals surface area contributed by atoms with Crippen LogP contribution in [-0.2, 0) is 27.7 Å². The molecule has 0 aromatic heterocycles. The van der Waals surface area contributed by atoms with Gasteiger partial charge >= 0.3 is 5.97 Å². The average Bonchev–Trinajstić information content (AvgIpc) is 1.88. The van der Waals surface area contributed by atoms with Crippen molar-refractivity contribution in [2.45, 2.75) is 6.92 Å². The summed E-state index contributed by atoms with van der Waals surface area (Å²) in [5.74, 6) is -0.875. The largest absolute Gasteiger partial charge is 0.478 e. The first kappa shape index (κ1) is 10.6. The van der Waals surface area contributed by atoms with Crippen LogP contribution >= 0.6 is 0 Å². The number of carbonyl (C=O) groups is 1. The Morgan fingerprint density at radius 2 is 1.73 bits per heavy atom. The molecule has 3 heteroatoms. The van der Waals surface area contributed by atoms with E-state index in [1.165, 1.54) is 0 Å². The third-order valence-electron chi connectivity index (χ3n) is 1.30. The van der Waals surface area contributed by atoms with Crippen molar-refractivity contribution in [1.29, 1.82) is 0 Å².